The van der Waals surface area contributed by atoms with E-state index in [0.29, 0.717) is 10.8 Å². The van der Waals surface area contributed by atoms with Crippen LogP contribution in [-0.2, 0) is 16.1 Å². The van der Waals surface area contributed by atoms with Crippen LogP contribution in [0.25, 0.3) is 0 Å². The Labute approximate surface area is 106 Å². The molecular weight excluding hydrogens is 242 g/mol. The van der Waals surface area contributed by atoms with Crippen LogP contribution < -0.4 is 4.89 Å². The van der Waals surface area contributed by atoms with Crippen molar-refractivity contribution < 1.29 is 14.6 Å². The van der Waals surface area contributed by atoms with Crippen LogP contribution in [0, 0.1) is 0 Å². The lowest BCUT2D eigenvalue weighted by Gasteiger charge is -2.12. The summed E-state index contributed by atoms with van der Waals surface area (Å²) in [5.41, 5.74) is 0.910. The van der Waals surface area contributed by atoms with Gasteiger partial charge in [-0.25, -0.2) is 4.79 Å². The van der Waals surface area contributed by atoms with Crippen LogP contribution in [0.15, 0.2) is 18.2 Å². The smallest absolute Gasteiger partial charge is 0.309 e. The number of likely N-dealkylation sites (N-methyl/N-ethyl adjacent to an activating group) is 1. The average Bonchev–Trinajstić information content (AvgIpc) is 2.24. The number of nitrogens with zero attached hydrogens (tertiary/aromatic N) is 1. The van der Waals surface area contributed by atoms with Crippen LogP contribution in [0.3, 0.4) is 0 Å². The molecule has 0 atom stereocenters. The first kappa shape index (κ1) is 13.8. The first-order valence-electron chi connectivity index (χ1n) is 5.27. The molecule has 0 fully saturated rings. The Morgan fingerprint density at radius 3 is 2.71 bits per heavy atom. The molecular formula is C12H16ClNO3. The summed E-state index contributed by atoms with van der Waals surface area (Å²) in [7, 11) is 3.97. The Morgan fingerprint density at radius 1 is 1.41 bits per heavy atom. The summed E-state index contributed by atoms with van der Waals surface area (Å²) >= 11 is 5.92. The molecule has 0 spiro atoms. The fourth-order valence-corrected chi connectivity index (χ4v) is 1.47. The van der Waals surface area contributed by atoms with Gasteiger partial charge in [0.1, 0.15) is 0 Å². The summed E-state index contributed by atoms with van der Waals surface area (Å²) < 4.78 is 0. The number of carbonyl (C=O) groups excluding carboxylic acids is 1. The summed E-state index contributed by atoms with van der Waals surface area (Å²) in [6.45, 7) is 2.15. The molecule has 0 bridgehead atoms. The fraction of sp³-hybridized carbons (Fsp3) is 0.417. The summed E-state index contributed by atoms with van der Waals surface area (Å²) in [6, 6.07) is 5.19. The molecule has 0 aliphatic rings. The molecule has 1 aromatic rings. The van der Waals surface area contributed by atoms with E-state index in [1.807, 2.05) is 20.2 Å². The summed E-state index contributed by atoms with van der Waals surface area (Å²) in [4.78, 5) is 22.2. The van der Waals surface area contributed by atoms with E-state index in [0.717, 1.165) is 18.5 Å². The number of hydrogen-bond acceptors (Lipinski definition) is 4. The van der Waals surface area contributed by atoms with Crippen LogP contribution in [0.4, 0.5) is 0 Å². The quantitative estimate of drug-likeness (QED) is 0.599. The number of rotatable bonds is 5. The van der Waals surface area contributed by atoms with Gasteiger partial charge in [-0.15, -0.1) is 0 Å². The molecule has 94 valence electrons. The van der Waals surface area contributed by atoms with E-state index < -0.39 is 5.97 Å². The lowest BCUT2D eigenvalue weighted by molar-refractivity contribution is -0.211. The van der Waals surface area contributed by atoms with Gasteiger partial charge in [-0.2, -0.15) is 0 Å². The van der Waals surface area contributed by atoms with E-state index in [1.54, 1.807) is 12.1 Å². The molecule has 0 saturated heterocycles. The van der Waals surface area contributed by atoms with E-state index in [-0.39, 0.29) is 0 Å². The summed E-state index contributed by atoms with van der Waals surface area (Å²) in [5.74, 6) is 0.0324. The zero-order valence-corrected chi connectivity index (χ0v) is 11.0. The van der Waals surface area contributed by atoms with Gasteiger partial charge < -0.3 is 4.90 Å². The highest BCUT2D eigenvalue weighted by Gasteiger charge is 2.08. The van der Waals surface area contributed by atoms with Crippen molar-refractivity contribution in [1.82, 2.24) is 4.90 Å². The summed E-state index contributed by atoms with van der Waals surface area (Å²) in [5, 5.41) is 0.633. The van der Waals surface area contributed by atoms with Gasteiger partial charge in [0, 0.05) is 24.1 Å². The predicted octanol–water partition coefficient (Wildman–Crippen LogP) is 2.30. The van der Waals surface area contributed by atoms with Gasteiger partial charge in [0.2, 0.25) is 0 Å². The first-order valence-corrected chi connectivity index (χ1v) is 5.65. The Kier molecular flexibility index (Phi) is 5.25. The number of hydrogen-bond donors (Lipinski definition) is 0. The molecule has 0 radical (unpaired) electrons. The lowest BCUT2D eigenvalue weighted by atomic mass is 10.1. The van der Waals surface area contributed by atoms with Crippen molar-refractivity contribution in [3.63, 3.8) is 0 Å². The highest BCUT2D eigenvalue weighted by Crippen LogP contribution is 2.23. The molecule has 0 saturated carbocycles. The molecule has 0 amide bonds. The van der Waals surface area contributed by atoms with Crippen LogP contribution in [-0.4, -0.2) is 31.5 Å². The van der Waals surface area contributed by atoms with Gasteiger partial charge >= 0.3 is 5.97 Å². The molecule has 0 N–H and O–H groups in total. The second kappa shape index (κ2) is 6.47. The van der Waals surface area contributed by atoms with Gasteiger partial charge in [-0.1, -0.05) is 11.6 Å². The maximum atomic E-state index is 10.7. The topological polar surface area (TPSA) is 38.8 Å². The van der Waals surface area contributed by atoms with Gasteiger partial charge in [0.05, 0.1) is 0 Å². The van der Waals surface area contributed by atoms with Crippen molar-refractivity contribution in [2.75, 3.05) is 20.6 Å². The highest BCUT2D eigenvalue weighted by molar-refractivity contribution is 6.30. The molecule has 0 aliphatic carbocycles. The zero-order chi connectivity index (χ0) is 12.8. The van der Waals surface area contributed by atoms with E-state index >= 15 is 0 Å². The molecule has 17 heavy (non-hydrogen) atoms. The first-order chi connectivity index (χ1) is 7.99. The molecule has 4 nitrogen and oxygen atoms in total. The van der Waals surface area contributed by atoms with E-state index in [2.05, 4.69) is 9.79 Å². The maximum absolute atomic E-state index is 10.7. The standard InChI is InChI=1S/C12H16ClNO3/c1-9(15)16-17-12-5-4-11(13)8-10(12)6-7-14(2)3/h4-5,8H,6-7H2,1-3H3. The molecule has 0 heterocycles. The second-order valence-electron chi connectivity index (χ2n) is 3.96. The molecule has 0 aliphatic heterocycles. The van der Waals surface area contributed by atoms with Crippen molar-refractivity contribution in [3.05, 3.63) is 28.8 Å². The number of benzene rings is 1. The second-order valence-corrected chi connectivity index (χ2v) is 4.40. The van der Waals surface area contributed by atoms with E-state index in [9.17, 15) is 4.79 Å². The molecule has 1 aromatic carbocycles. The van der Waals surface area contributed by atoms with E-state index in [4.69, 9.17) is 16.5 Å². The zero-order valence-electron chi connectivity index (χ0n) is 10.2. The monoisotopic (exact) mass is 257 g/mol. The average molecular weight is 258 g/mol. The normalized spacial score (nSPS) is 10.4. The molecule has 5 heteroatoms. The Balaban J connectivity index is 2.76. The predicted molar refractivity (Wildman–Crippen MR) is 66.1 cm³/mol. The minimum absolute atomic E-state index is 0.487. The van der Waals surface area contributed by atoms with Crippen LogP contribution >= 0.6 is 11.6 Å². The third-order valence-electron chi connectivity index (χ3n) is 2.10. The highest BCUT2D eigenvalue weighted by atomic mass is 35.5. The van der Waals surface area contributed by atoms with Crippen molar-refractivity contribution in [2.45, 2.75) is 13.3 Å². The Hall–Kier alpha value is -1.26. The van der Waals surface area contributed by atoms with Crippen molar-refractivity contribution in [1.29, 1.82) is 0 Å². The number of carbonyl (C=O) groups is 1. The third kappa shape index (κ3) is 5.06. The van der Waals surface area contributed by atoms with Gasteiger partial charge in [0.25, 0.3) is 0 Å². The van der Waals surface area contributed by atoms with Crippen molar-refractivity contribution in [3.8, 4) is 5.75 Å². The minimum atomic E-state index is -0.487. The Morgan fingerprint density at radius 2 is 2.12 bits per heavy atom. The molecule has 0 unspecified atom stereocenters. The largest absolute Gasteiger partial charge is 0.352 e. The maximum Gasteiger partial charge on any atom is 0.352 e. The third-order valence-corrected chi connectivity index (χ3v) is 2.33. The Bertz CT molecular complexity index is 393. The van der Waals surface area contributed by atoms with Gasteiger partial charge in [0.15, 0.2) is 5.75 Å². The molecule has 1 rings (SSSR count). The van der Waals surface area contributed by atoms with Crippen molar-refractivity contribution >= 4 is 17.6 Å². The SMILES string of the molecule is CC(=O)OOc1ccc(Cl)cc1CCN(C)C. The van der Waals surface area contributed by atoms with Crippen LogP contribution in [0.1, 0.15) is 12.5 Å². The summed E-state index contributed by atoms with van der Waals surface area (Å²) in [6.07, 6.45) is 0.768. The van der Waals surface area contributed by atoms with Crippen molar-refractivity contribution in [2.24, 2.45) is 0 Å². The van der Waals surface area contributed by atoms with Gasteiger partial charge in [-0.05, 0) is 38.7 Å². The number of halogens is 1. The van der Waals surface area contributed by atoms with Gasteiger partial charge in [-0.3, -0.25) is 9.78 Å². The fourth-order valence-electron chi connectivity index (χ4n) is 1.27. The molecule has 0 aromatic heterocycles. The van der Waals surface area contributed by atoms with E-state index in [1.165, 1.54) is 6.92 Å². The van der Waals surface area contributed by atoms with Crippen LogP contribution in [0.5, 0.6) is 5.75 Å². The van der Waals surface area contributed by atoms with Crippen LogP contribution in [0.2, 0.25) is 5.02 Å². The lowest BCUT2D eigenvalue weighted by Crippen LogP contribution is -2.15. The minimum Gasteiger partial charge on any atom is -0.309 e.